The van der Waals surface area contributed by atoms with Crippen molar-refractivity contribution >= 4 is 23.5 Å². The quantitative estimate of drug-likeness (QED) is 0.897. The predicted octanol–water partition coefficient (Wildman–Crippen LogP) is 1.53. The second-order valence-corrected chi connectivity index (χ2v) is 6.61. The molecule has 1 aromatic rings. The van der Waals surface area contributed by atoms with Gasteiger partial charge in [-0.3, -0.25) is 14.4 Å². The van der Waals surface area contributed by atoms with E-state index in [1.54, 1.807) is 22.8 Å². The van der Waals surface area contributed by atoms with Crippen molar-refractivity contribution in [2.45, 2.75) is 26.7 Å². The summed E-state index contributed by atoms with van der Waals surface area (Å²) < 4.78 is 0. The Hall–Kier alpha value is -2.37. The fourth-order valence-electron chi connectivity index (χ4n) is 3.35. The summed E-state index contributed by atoms with van der Waals surface area (Å²) in [5.74, 6) is -1.00. The van der Waals surface area contributed by atoms with Gasteiger partial charge in [0, 0.05) is 37.8 Å². The maximum absolute atomic E-state index is 12.6. The lowest BCUT2D eigenvalue weighted by atomic mass is 9.90. The normalized spacial score (nSPS) is 23.0. The molecule has 3 rings (SSSR count). The van der Waals surface area contributed by atoms with Crippen LogP contribution in [0.15, 0.2) is 18.2 Å². The Kier molecular flexibility index (Phi) is 3.62. The van der Waals surface area contributed by atoms with E-state index in [9.17, 15) is 19.5 Å². The first kappa shape index (κ1) is 15.5. The zero-order valence-electron chi connectivity index (χ0n) is 13.3. The van der Waals surface area contributed by atoms with Crippen molar-refractivity contribution in [3.63, 3.8) is 0 Å². The van der Waals surface area contributed by atoms with Crippen LogP contribution in [0.2, 0.25) is 0 Å². The molecule has 6 heteroatoms. The van der Waals surface area contributed by atoms with Gasteiger partial charge in [0.25, 0.3) is 5.91 Å². The number of carbonyl (C=O) groups is 3. The average Bonchev–Trinajstić information content (AvgIpc) is 3.10. The number of carboxylic acids is 1. The Balaban J connectivity index is 1.80. The van der Waals surface area contributed by atoms with Gasteiger partial charge in [0.1, 0.15) is 0 Å². The third kappa shape index (κ3) is 2.58. The minimum atomic E-state index is -0.863. The first-order chi connectivity index (χ1) is 10.8. The molecule has 1 atom stereocenters. The molecule has 23 heavy (non-hydrogen) atoms. The van der Waals surface area contributed by atoms with Crippen LogP contribution in [-0.4, -0.2) is 47.4 Å². The average molecular weight is 316 g/mol. The second kappa shape index (κ2) is 5.37. The van der Waals surface area contributed by atoms with E-state index in [1.807, 2.05) is 12.1 Å². The molecule has 2 aliphatic heterocycles. The highest BCUT2D eigenvalue weighted by Gasteiger charge is 2.42. The lowest BCUT2D eigenvalue weighted by molar-refractivity contribution is -0.147. The number of aliphatic carboxylic acids is 1. The highest BCUT2D eigenvalue weighted by atomic mass is 16.4. The number of benzene rings is 1. The second-order valence-electron chi connectivity index (χ2n) is 6.61. The van der Waals surface area contributed by atoms with Crippen molar-refractivity contribution in [3.8, 4) is 0 Å². The van der Waals surface area contributed by atoms with E-state index in [2.05, 4.69) is 0 Å². The largest absolute Gasteiger partial charge is 0.481 e. The highest BCUT2D eigenvalue weighted by Crippen LogP contribution is 2.33. The molecule has 1 N–H and O–H groups in total. The number of hydrogen-bond acceptors (Lipinski definition) is 3. The summed E-state index contributed by atoms with van der Waals surface area (Å²) in [6, 6.07) is 5.36. The minimum absolute atomic E-state index is 0.000376. The van der Waals surface area contributed by atoms with Crippen molar-refractivity contribution in [2.75, 3.05) is 24.5 Å². The first-order valence-corrected chi connectivity index (χ1v) is 7.75. The first-order valence-electron chi connectivity index (χ1n) is 7.75. The van der Waals surface area contributed by atoms with Crippen LogP contribution in [-0.2, 0) is 16.0 Å². The summed E-state index contributed by atoms with van der Waals surface area (Å²) in [7, 11) is 0. The van der Waals surface area contributed by atoms with Crippen molar-refractivity contribution in [1.29, 1.82) is 0 Å². The Morgan fingerprint density at radius 1 is 1.22 bits per heavy atom. The summed E-state index contributed by atoms with van der Waals surface area (Å²) in [6.45, 7) is 4.54. The summed E-state index contributed by atoms with van der Waals surface area (Å²) in [6.07, 6.45) is 1.21. The fourth-order valence-corrected chi connectivity index (χ4v) is 3.35. The molecule has 0 bridgehead atoms. The van der Waals surface area contributed by atoms with Gasteiger partial charge in [-0.05, 0) is 43.5 Å². The van der Waals surface area contributed by atoms with Crippen LogP contribution >= 0.6 is 0 Å². The van der Waals surface area contributed by atoms with Crippen LogP contribution in [0.5, 0.6) is 0 Å². The zero-order chi connectivity index (χ0) is 16.8. The molecule has 0 spiro atoms. The Labute approximate surface area is 134 Å². The van der Waals surface area contributed by atoms with Gasteiger partial charge in [-0.15, -0.1) is 0 Å². The van der Waals surface area contributed by atoms with Gasteiger partial charge < -0.3 is 14.9 Å². The molecule has 2 amide bonds. The van der Waals surface area contributed by atoms with E-state index in [-0.39, 0.29) is 18.4 Å². The number of fused-ring (bicyclic) bond motifs is 1. The number of hydrogen-bond donors (Lipinski definition) is 1. The van der Waals surface area contributed by atoms with Crippen LogP contribution in [0.25, 0.3) is 0 Å². The summed E-state index contributed by atoms with van der Waals surface area (Å²) >= 11 is 0. The maximum Gasteiger partial charge on any atom is 0.311 e. The van der Waals surface area contributed by atoms with Gasteiger partial charge >= 0.3 is 5.97 Å². The SMILES string of the molecule is CC(=O)N1CCc2cc(C(=O)N3CC[C@@](C)(C(=O)O)C3)ccc21. The lowest BCUT2D eigenvalue weighted by Crippen LogP contribution is -2.34. The Bertz CT molecular complexity index is 700. The number of nitrogens with zero attached hydrogens (tertiary/aromatic N) is 2. The number of rotatable bonds is 2. The van der Waals surface area contributed by atoms with Crippen LogP contribution in [0, 0.1) is 5.41 Å². The summed E-state index contributed by atoms with van der Waals surface area (Å²) in [4.78, 5) is 38.8. The van der Waals surface area contributed by atoms with E-state index >= 15 is 0 Å². The molecule has 0 aliphatic carbocycles. The van der Waals surface area contributed by atoms with Gasteiger partial charge in [0.05, 0.1) is 5.41 Å². The fraction of sp³-hybridized carbons (Fsp3) is 0.471. The number of amides is 2. The molecule has 6 nitrogen and oxygen atoms in total. The van der Waals surface area contributed by atoms with Gasteiger partial charge in [0.2, 0.25) is 5.91 Å². The standard InChI is InChI=1S/C17H20N2O4/c1-11(20)19-7-5-12-9-13(3-4-14(12)19)15(21)18-8-6-17(2,10-18)16(22)23/h3-4,9H,5-8,10H2,1-2H3,(H,22,23)/t17-/m1/s1. The van der Waals surface area contributed by atoms with E-state index in [4.69, 9.17) is 0 Å². The highest BCUT2D eigenvalue weighted by molar-refractivity contribution is 5.98. The molecule has 0 unspecified atom stereocenters. The molecule has 122 valence electrons. The van der Waals surface area contributed by atoms with Crippen LogP contribution in [0.3, 0.4) is 0 Å². The van der Waals surface area contributed by atoms with Gasteiger partial charge in [-0.25, -0.2) is 0 Å². The zero-order valence-corrected chi connectivity index (χ0v) is 13.3. The topological polar surface area (TPSA) is 77.9 Å². The van der Waals surface area contributed by atoms with Gasteiger partial charge in [0.15, 0.2) is 0 Å². The predicted molar refractivity (Wildman–Crippen MR) is 84.4 cm³/mol. The number of anilines is 1. The molecule has 2 aliphatic rings. The number of likely N-dealkylation sites (tertiary alicyclic amines) is 1. The smallest absolute Gasteiger partial charge is 0.311 e. The van der Waals surface area contributed by atoms with Gasteiger partial charge in [-0.2, -0.15) is 0 Å². The molecular formula is C17H20N2O4. The Morgan fingerprint density at radius 2 is 1.96 bits per heavy atom. The molecule has 0 aromatic heterocycles. The summed E-state index contributed by atoms with van der Waals surface area (Å²) in [5, 5.41) is 9.28. The van der Waals surface area contributed by atoms with E-state index < -0.39 is 11.4 Å². The van der Waals surface area contributed by atoms with Gasteiger partial charge in [-0.1, -0.05) is 0 Å². The Morgan fingerprint density at radius 3 is 2.57 bits per heavy atom. The van der Waals surface area contributed by atoms with E-state index in [0.717, 1.165) is 17.7 Å². The molecule has 1 aromatic carbocycles. The van der Waals surface area contributed by atoms with Crippen molar-refractivity contribution in [1.82, 2.24) is 4.90 Å². The third-order valence-electron chi connectivity index (χ3n) is 4.88. The summed E-state index contributed by atoms with van der Waals surface area (Å²) in [5.41, 5.74) is 1.55. The van der Waals surface area contributed by atoms with E-state index in [1.165, 1.54) is 6.92 Å². The van der Waals surface area contributed by atoms with Crippen LogP contribution in [0.4, 0.5) is 5.69 Å². The van der Waals surface area contributed by atoms with Crippen molar-refractivity contribution < 1.29 is 19.5 Å². The third-order valence-corrected chi connectivity index (χ3v) is 4.88. The molecule has 1 saturated heterocycles. The monoisotopic (exact) mass is 316 g/mol. The van der Waals surface area contributed by atoms with Crippen molar-refractivity contribution in [3.05, 3.63) is 29.3 Å². The van der Waals surface area contributed by atoms with Crippen LogP contribution in [0.1, 0.15) is 36.2 Å². The number of carbonyl (C=O) groups excluding carboxylic acids is 2. The molecule has 0 radical (unpaired) electrons. The maximum atomic E-state index is 12.6. The number of carboxylic acid groups (broad SMARTS) is 1. The molecule has 0 saturated carbocycles. The van der Waals surface area contributed by atoms with Crippen LogP contribution < -0.4 is 4.90 Å². The van der Waals surface area contributed by atoms with E-state index in [0.29, 0.717) is 25.1 Å². The molecule has 1 fully saturated rings. The lowest BCUT2D eigenvalue weighted by Gasteiger charge is -2.20. The molecular weight excluding hydrogens is 296 g/mol. The molecule has 2 heterocycles. The van der Waals surface area contributed by atoms with Crippen molar-refractivity contribution in [2.24, 2.45) is 5.41 Å². The minimum Gasteiger partial charge on any atom is -0.481 e.